The van der Waals surface area contributed by atoms with Crippen LogP contribution in [0, 0.1) is 10.1 Å². The number of carbonyl (C=O) groups is 1. The summed E-state index contributed by atoms with van der Waals surface area (Å²) in [7, 11) is 0. The van der Waals surface area contributed by atoms with Gasteiger partial charge in [0.1, 0.15) is 5.76 Å². The second-order valence-corrected chi connectivity index (χ2v) is 4.73. The number of amides is 1. The molecule has 0 saturated heterocycles. The first-order chi connectivity index (χ1) is 11.5. The maximum atomic E-state index is 12.2. The SMILES string of the molecule is CC(O)=C(N=Nc1cccc([N+](=O)[O-])c1)C(=O)Nc1ccccc1. The molecule has 8 heteroatoms. The topological polar surface area (TPSA) is 117 Å². The van der Waals surface area contributed by atoms with Crippen molar-refractivity contribution in [1.82, 2.24) is 0 Å². The third-order valence-corrected chi connectivity index (χ3v) is 2.90. The highest BCUT2D eigenvalue weighted by Gasteiger charge is 2.13. The van der Waals surface area contributed by atoms with E-state index in [2.05, 4.69) is 15.5 Å². The average molecular weight is 326 g/mol. The fourth-order valence-electron chi connectivity index (χ4n) is 1.77. The van der Waals surface area contributed by atoms with Crippen LogP contribution in [0.3, 0.4) is 0 Å². The maximum Gasteiger partial charge on any atom is 0.279 e. The lowest BCUT2D eigenvalue weighted by molar-refractivity contribution is -0.384. The van der Waals surface area contributed by atoms with Crippen LogP contribution in [0.1, 0.15) is 6.92 Å². The standard InChI is InChI=1S/C16H14N4O4/c1-11(21)15(16(22)17-12-6-3-2-4-7-12)19-18-13-8-5-9-14(10-13)20(23)24/h2-10,21H,1H3,(H,17,22). The molecule has 2 aromatic carbocycles. The Morgan fingerprint density at radius 2 is 1.88 bits per heavy atom. The number of nitrogens with zero attached hydrogens (tertiary/aromatic N) is 3. The zero-order chi connectivity index (χ0) is 17.5. The van der Waals surface area contributed by atoms with Gasteiger partial charge in [0.25, 0.3) is 11.6 Å². The molecule has 122 valence electrons. The first kappa shape index (κ1) is 16.8. The number of nitro groups is 1. The molecule has 0 saturated carbocycles. The Labute approximate surface area is 137 Å². The molecule has 2 aromatic rings. The summed E-state index contributed by atoms with van der Waals surface area (Å²) in [5.74, 6) is -0.965. The van der Waals surface area contributed by atoms with Gasteiger partial charge in [-0.15, -0.1) is 10.2 Å². The number of aliphatic hydroxyl groups is 1. The minimum atomic E-state index is -0.643. The Balaban J connectivity index is 2.20. The molecule has 0 aliphatic carbocycles. The van der Waals surface area contributed by atoms with Gasteiger partial charge in [-0.3, -0.25) is 14.9 Å². The molecule has 8 nitrogen and oxygen atoms in total. The number of rotatable bonds is 5. The fraction of sp³-hybridized carbons (Fsp3) is 0.0625. The normalized spacial score (nSPS) is 11.9. The van der Waals surface area contributed by atoms with Gasteiger partial charge in [0.05, 0.1) is 10.6 Å². The third-order valence-electron chi connectivity index (χ3n) is 2.90. The molecule has 0 heterocycles. The Morgan fingerprint density at radius 1 is 1.17 bits per heavy atom. The van der Waals surface area contributed by atoms with Crippen LogP contribution in [0.15, 0.2) is 76.3 Å². The Hall–Kier alpha value is -3.55. The van der Waals surface area contributed by atoms with E-state index in [1.165, 1.54) is 31.2 Å². The molecular weight excluding hydrogens is 312 g/mol. The monoisotopic (exact) mass is 326 g/mol. The van der Waals surface area contributed by atoms with Gasteiger partial charge in [0.15, 0.2) is 5.70 Å². The van der Waals surface area contributed by atoms with Crippen molar-refractivity contribution in [1.29, 1.82) is 0 Å². The van der Waals surface area contributed by atoms with E-state index in [1.807, 2.05) is 0 Å². The molecule has 0 bridgehead atoms. The van der Waals surface area contributed by atoms with E-state index in [0.717, 1.165) is 0 Å². The summed E-state index contributed by atoms with van der Waals surface area (Å²) in [6.45, 7) is 1.30. The number of nitrogens with one attached hydrogen (secondary N) is 1. The first-order valence-corrected chi connectivity index (χ1v) is 6.90. The summed E-state index contributed by atoms with van der Waals surface area (Å²) in [5.41, 5.74) is 0.291. The molecule has 0 aromatic heterocycles. The number of carbonyl (C=O) groups excluding carboxylic acids is 1. The highest BCUT2D eigenvalue weighted by molar-refractivity contribution is 6.03. The molecule has 2 rings (SSSR count). The van der Waals surface area contributed by atoms with Gasteiger partial charge in [0.2, 0.25) is 0 Å². The van der Waals surface area contributed by atoms with Gasteiger partial charge < -0.3 is 10.4 Å². The van der Waals surface area contributed by atoms with E-state index in [0.29, 0.717) is 5.69 Å². The maximum absolute atomic E-state index is 12.2. The fourth-order valence-corrected chi connectivity index (χ4v) is 1.77. The van der Waals surface area contributed by atoms with Crippen LogP contribution >= 0.6 is 0 Å². The largest absolute Gasteiger partial charge is 0.510 e. The van der Waals surface area contributed by atoms with Gasteiger partial charge in [0, 0.05) is 17.8 Å². The Kier molecular flexibility index (Phi) is 5.35. The molecule has 2 N–H and O–H groups in total. The number of azo groups is 1. The summed E-state index contributed by atoms with van der Waals surface area (Å²) in [5, 5.41) is 30.4. The van der Waals surface area contributed by atoms with Crippen LogP contribution in [0.25, 0.3) is 0 Å². The zero-order valence-electron chi connectivity index (χ0n) is 12.7. The van der Waals surface area contributed by atoms with Crippen molar-refractivity contribution in [3.63, 3.8) is 0 Å². The van der Waals surface area contributed by atoms with E-state index in [9.17, 15) is 20.0 Å². The molecule has 0 atom stereocenters. The van der Waals surface area contributed by atoms with Gasteiger partial charge in [-0.05, 0) is 25.1 Å². The van der Waals surface area contributed by atoms with E-state index < -0.39 is 10.8 Å². The van der Waals surface area contributed by atoms with Crippen molar-refractivity contribution < 1.29 is 14.8 Å². The van der Waals surface area contributed by atoms with Gasteiger partial charge in [-0.25, -0.2) is 0 Å². The van der Waals surface area contributed by atoms with Crippen molar-refractivity contribution in [3.8, 4) is 0 Å². The second kappa shape index (κ2) is 7.63. The molecular formula is C16H14N4O4. The molecule has 0 radical (unpaired) electrons. The van der Waals surface area contributed by atoms with Crippen LogP contribution in [0.5, 0.6) is 0 Å². The number of allylic oxidation sites excluding steroid dienone is 1. The number of hydrogen-bond acceptors (Lipinski definition) is 6. The van der Waals surface area contributed by atoms with Crippen molar-refractivity contribution in [3.05, 3.63) is 76.2 Å². The van der Waals surface area contributed by atoms with E-state index >= 15 is 0 Å². The van der Waals surface area contributed by atoms with Crippen LogP contribution in [-0.4, -0.2) is 15.9 Å². The minimum absolute atomic E-state index is 0.147. The van der Waals surface area contributed by atoms with Crippen LogP contribution in [0.4, 0.5) is 17.1 Å². The van der Waals surface area contributed by atoms with Gasteiger partial charge in [-0.1, -0.05) is 24.3 Å². The number of para-hydroxylation sites is 1. The third kappa shape index (κ3) is 4.47. The van der Waals surface area contributed by atoms with Gasteiger partial charge >= 0.3 is 0 Å². The Bertz CT molecular complexity index is 812. The minimum Gasteiger partial charge on any atom is -0.510 e. The lowest BCUT2D eigenvalue weighted by Gasteiger charge is -2.05. The summed E-state index contributed by atoms with van der Waals surface area (Å²) in [4.78, 5) is 22.3. The van der Waals surface area contributed by atoms with Crippen molar-refractivity contribution >= 4 is 23.0 Å². The lowest BCUT2D eigenvalue weighted by atomic mass is 10.3. The van der Waals surface area contributed by atoms with E-state index in [-0.39, 0.29) is 22.8 Å². The number of anilines is 1. The van der Waals surface area contributed by atoms with Crippen molar-refractivity contribution in [2.75, 3.05) is 5.32 Å². The lowest BCUT2D eigenvalue weighted by Crippen LogP contribution is -2.14. The van der Waals surface area contributed by atoms with Crippen molar-refractivity contribution in [2.45, 2.75) is 6.92 Å². The Morgan fingerprint density at radius 3 is 2.50 bits per heavy atom. The highest BCUT2D eigenvalue weighted by Crippen LogP contribution is 2.21. The molecule has 24 heavy (non-hydrogen) atoms. The van der Waals surface area contributed by atoms with Crippen LogP contribution < -0.4 is 5.32 Å². The number of hydrogen-bond donors (Lipinski definition) is 2. The molecule has 0 aliphatic heterocycles. The first-order valence-electron chi connectivity index (χ1n) is 6.90. The van der Waals surface area contributed by atoms with Crippen molar-refractivity contribution in [2.24, 2.45) is 10.2 Å². The number of aliphatic hydroxyl groups excluding tert-OH is 1. The quantitative estimate of drug-likeness (QED) is 0.282. The zero-order valence-corrected chi connectivity index (χ0v) is 12.7. The molecule has 0 fully saturated rings. The van der Waals surface area contributed by atoms with Crippen LogP contribution in [-0.2, 0) is 4.79 Å². The van der Waals surface area contributed by atoms with Crippen LogP contribution in [0.2, 0.25) is 0 Å². The highest BCUT2D eigenvalue weighted by atomic mass is 16.6. The molecule has 0 aliphatic rings. The number of non-ortho nitro benzene ring substituents is 1. The molecule has 1 amide bonds. The molecule has 0 unspecified atom stereocenters. The predicted octanol–water partition coefficient (Wildman–Crippen LogP) is 4.11. The smallest absolute Gasteiger partial charge is 0.279 e. The second-order valence-electron chi connectivity index (χ2n) is 4.73. The summed E-state index contributed by atoms with van der Waals surface area (Å²) < 4.78 is 0. The summed E-state index contributed by atoms with van der Waals surface area (Å²) in [6, 6.07) is 14.1. The predicted molar refractivity (Wildman–Crippen MR) is 88.0 cm³/mol. The molecule has 0 spiro atoms. The summed E-state index contributed by atoms with van der Waals surface area (Å²) >= 11 is 0. The number of benzene rings is 2. The number of nitro benzene ring substituents is 1. The average Bonchev–Trinajstić information content (AvgIpc) is 2.56. The van der Waals surface area contributed by atoms with Gasteiger partial charge in [-0.2, -0.15) is 0 Å². The van der Waals surface area contributed by atoms with E-state index in [1.54, 1.807) is 30.3 Å². The summed E-state index contributed by atoms with van der Waals surface area (Å²) in [6.07, 6.45) is 0. The van der Waals surface area contributed by atoms with E-state index in [4.69, 9.17) is 0 Å².